The lowest BCUT2D eigenvalue weighted by molar-refractivity contribution is -0.130. The molecule has 324 valence electrons. The minimum Gasteiger partial charge on any atom is -0.472 e. The van der Waals surface area contributed by atoms with Gasteiger partial charge in [-0.15, -0.1) is 6.42 Å². The molecule has 0 saturated carbocycles. The Morgan fingerprint density at radius 1 is 0.534 bits per heavy atom. The van der Waals surface area contributed by atoms with Crippen molar-refractivity contribution in [3.63, 3.8) is 0 Å². The van der Waals surface area contributed by atoms with Crippen LogP contribution in [0.3, 0.4) is 0 Å². The van der Waals surface area contributed by atoms with Crippen molar-refractivity contribution in [1.29, 1.82) is 0 Å². The van der Waals surface area contributed by atoms with Crippen LogP contribution in [0.15, 0.2) is 36.5 Å². The molecule has 0 aromatic carbocycles. The van der Waals surface area contributed by atoms with Crippen LogP contribution in [0.1, 0.15) is 148 Å². The Hall–Kier alpha value is -3.72. The predicted molar refractivity (Wildman–Crippen MR) is 226 cm³/mol. The second kappa shape index (κ2) is 37.5. The highest BCUT2D eigenvalue weighted by Crippen LogP contribution is 2.15. The molecule has 0 amide bonds. The van der Waals surface area contributed by atoms with Gasteiger partial charge in [0.05, 0.1) is 12.2 Å². The van der Waals surface area contributed by atoms with Crippen LogP contribution in [-0.2, 0) is 9.59 Å². The monoisotopic (exact) mass is 810 g/mol. The van der Waals surface area contributed by atoms with Crippen LogP contribution in [-0.4, -0.2) is 107 Å². The van der Waals surface area contributed by atoms with E-state index in [2.05, 4.69) is 47.7 Å². The third-order valence-corrected chi connectivity index (χ3v) is 9.15. The number of carboxylic acids is 1. The molecule has 0 spiro atoms. The first kappa shape index (κ1) is 54.3. The van der Waals surface area contributed by atoms with Crippen molar-refractivity contribution in [2.75, 3.05) is 0 Å². The number of carbonyl (C=O) groups excluding carboxylic acids is 1. The molecule has 9 N–H and O–H groups in total. The molecular weight excluding hydrogens is 741 g/mol. The Morgan fingerprint density at radius 2 is 1.09 bits per heavy atom. The number of carboxylic acid groups (broad SMARTS) is 1. The van der Waals surface area contributed by atoms with E-state index in [4.69, 9.17) is 11.5 Å². The van der Waals surface area contributed by atoms with Crippen LogP contribution in [0.25, 0.3) is 0 Å². The summed E-state index contributed by atoms with van der Waals surface area (Å²) in [7, 11) is 0. The lowest BCUT2D eigenvalue weighted by Gasteiger charge is -2.13. The molecule has 0 fully saturated rings. The van der Waals surface area contributed by atoms with Crippen LogP contribution >= 0.6 is 0 Å². The van der Waals surface area contributed by atoms with E-state index in [1.54, 1.807) is 12.2 Å². The molecule has 8 unspecified atom stereocenters. The Labute approximate surface area is 347 Å². The number of aliphatic hydroxyl groups is 8. The minimum absolute atomic E-state index is 0.0874. The van der Waals surface area contributed by atoms with E-state index in [9.17, 15) is 50.4 Å². The van der Waals surface area contributed by atoms with Crippen LogP contribution in [0.5, 0.6) is 0 Å². The first-order valence-corrected chi connectivity index (χ1v) is 21.0. The number of terminal acetylenes is 1. The van der Waals surface area contributed by atoms with Crippen molar-refractivity contribution in [3.8, 4) is 47.9 Å². The molecule has 0 aromatic rings. The third-order valence-electron chi connectivity index (χ3n) is 9.15. The third kappa shape index (κ3) is 36.6. The molecule has 0 bridgehead atoms. The van der Waals surface area contributed by atoms with Crippen molar-refractivity contribution in [2.24, 2.45) is 0 Å². The van der Waals surface area contributed by atoms with E-state index in [1.165, 1.54) is 57.1 Å². The normalized spacial score (nSPS) is 15.5. The lowest BCUT2D eigenvalue weighted by Crippen LogP contribution is -2.21. The molecule has 0 aliphatic rings. The Bertz CT molecular complexity index is 1410. The summed E-state index contributed by atoms with van der Waals surface area (Å²) in [6, 6.07) is 0. The zero-order valence-corrected chi connectivity index (χ0v) is 34.3. The summed E-state index contributed by atoms with van der Waals surface area (Å²) in [5.74, 6) is 14.5. The summed E-state index contributed by atoms with van der Waals surface area (Å²) >= 11 is 0. The Morgan fingerprint density at radius 3 is 1.69 bits per heavy atom. The first-order valence-electron chi connectivity index (χ1n) is 21.0. The second-order valence-electron chi connectivity index (χ2n) is 14.6. The average Bonchev–Trinajstić information content (AvgIpc) is 3.19. The maximum atomic E-state index is 12.2. The number of unbranched alkanes of at least 4 members (excludes halogenated alkanes) is 13. The van der Waals surface area contributed by atoms with Gasteiger partial charge >= 0.3 is 5.97 Å². The highest BCUT2D eigenvalue weighted by molar-refractivity contribution is 5.86. The van der Waals surface area contributed by atoms with Gasteiger partial charge in [0, 0.05) is 25.2 Å². The predicted octanol–water partition coefficient (Wildman–Crippen LogP) is 4.81. The molecule has 0 radical (unpaired) electrons. The van der Waals surface area contributed by atoms with Crippen LogP contribution in [0.2, 0.25) is 0 Å². The summed E-state index contributed by atoms with van der Waals surface area (Å²) in [5.41, 5.74) is 0. The molecular formula is C47H70O11. The van der Waals surface area contributed by atoms with Gasteiger partial charge in [-0.2, -0.15) is 0 Å². The standard InChI is InChI=1S/C47H70O11/c1-2-38(48)29-30-40(50)24-20-21-25-41(51)32-34-42(52)33-31-39(49)23-18-16-14-12-10-8-6-4-3-5-7-9-11-13-15-17-19-27-45(55)46(56)28-22-26-43(53)37-44(54)35-36-47(57)58/h1,12,14,20-21,29-30,38-45,48-55H,3-11,13,15-19,22-28,37H2,(H,57,58). The highest BCUT2D eigenvalue weighted by Gasteiger charge is 2.16. The van der Waals surface area contributed by atoms with Gasteiger partial charge in [-0.05, 0) is 63.9 Å². The number of ketones is 1. The molecule has 0 aliphatic heterocycles. The van der Waals surface area contributed by atoms with Gasteiger partial charge in [-0.3, -0.25) is 4.79 Å². The van der Waals surface area contributed by atoms with Crippen LogP contribution in [0, 0.1) is 47.9 Å². The van der Waals surface area contributed by atoms with Gasteiger partial charge in [-0.25, -0.2) is 4.79 Å². The zero-order chi connectivity index (χ0) is 43.2. The molecule has 0 aromatic heterocycles. The fourth-order valence-electron chi connectivity index (χ4n) is 5.80. The number of aliphatic carboxylic acids is 1. The van der Waals surface area contributed by atoms with Gasteiger partial charge in [-0.1, -0.05) is 137 Å². The first-order chi connectivity index (χ1) is 27.8. The molecule has 0 heterocycles. The van der Waals surface area contributed by atoms with Crippen LogP contribution < -0.4 is 0 Å². The zero-order valence-electron chi connectivity index (χ0n) is 34.3. The van der Waals surface area contributed by atoms with E-state index in [1.807, 2.05) is 5.92 Å². The van der Waals surface area contributed by atoms with E-state index in [-0.39, 0.29) is 37.9 Å². The van der Waals surface area contributed by atoms with E-state index < -0.39 is 54.8 Å². The van der Waals surface area contributed by atoms with Gasteiger partial charge in [0.25, 0.3) is 0 Å². The van der Waals surface area contributed by atoms with Crippen molar-refractivity contribution in [3.05, 3.63) is 36.5 Å². The maximum Gasteiger partial charge on any atom is 0.381 e. The minimum atomic E-state index is -1.35. The van der Waals surface area contributed by atoms with E-state index in [0.717, 1.165) is 51.4 Å². The van der Waals surface area contributed by atoms with E-state index in [0.29, 0.717) is 19.3 Å². The summed E-state index contributed by atoms with van der Waals surface area (Å²) in [6.07, 6.45) is 25.9. The Balaban J connectivity index is 3.74. The number of carbonyl (C=O) groups is 2. The number of allylic oxidation sites excluding steroid dienone is 2. The summed E-state index contributed by atoms with van der Waals surface area (Å²) < 4.78 is 0. The molecule has 11 nitrogen and oxygen atoms in total. The smallest absolute Gasteiger partial charge is 0.381 e. The number of aliphatic hydroxyl groups excluding tert-OH is 8. The number of hydrogen-bond donors (Lipinski definition) is 9. The summed E-state index contributed by atoms with van der Waals surface area (Å²) in [6.45, 7) is 0. The van der Waals surface area contributed by atoms with E-state index >= 15 is 0 Å². The molecule has 0 saturated heterocycles. The number of Topliss-reactive ketones (excluding diaryl/α,β-unsaturated/α-hetero) is 1. The van der Waals surface area contributed by atoms with Crippen molar-refractivity contribution >= 4 is 11.8 Å². The second-order valence-corrected chi connectivity index (χ2v) is 14.6. The largest absolute Gasteiger partial charge is 0.472 e. The quantitative estimate of drug-likeness (QED) is 0.0255. The van der Waals surface area contributed by atoms with Gasteiger partial charge in [0.2, 0.25) is 0 Å². The van der Waals surface area contributed by atoms with Crippen molar-refractivity contribution in [1.82, 2.24) is 0 Å². The maximum absolute atomic E-state index is 12.2. The number of rotatable bonds is 32. The molecule has 8 atom stereocenters. The molecule has 0 aliphatic carbocycles. The number of hydrogen-bond acceptors (Lipinski definition) is 10. The topological polar surface area (TPSA) is 216 Å². The fraction of sp³-hybridized carbons (Fsp3) is 0.660. The summed E-state index contributed by atoms with van der Waals surface area (Å²) in [5, 5.41) is 87.0. The van der Waals surface area contributed by atoms with Crippen molar-refractivity contribution in [2.45, 2.75) is 197 Å². The SMILES string of the molecule is C#CC(O)C=CC(O)CC=CCC(O)C#CC(O)C#CC(O)CCCC=CCCCCCCCCCCCCCCC(O)C(=O)CCCC(O)CC(O)C#CC(=O)O. The molecule has 58 heavy (non-hydrogen) atoms. The average molecular weight is 811 g/mol. The molecule has 0 rings (SSSR count). The fourth-order valence-corrected chi connectivity index (χ4v) is 5.80. The summed E-state index contributed by atoms with van der Waals surface area (Å²) in [4.78, 5) is 22.5. The van der Waals surface area contributed by atoms with Crippen molar-refractivity contribution < 1.29 is 55.5 Å². The van der Waals surface area contributed by atoms with Gasteiger partial charge < -0.3 is 46.0 Å². The van der Waals surface area contributed by atoms with Gasteiger partial charge in [0.15, 0.2) is 11.9 Å². The van der Waals surface area contributed by atoms with Gasteiger partial charge in [0.1, 0.15) is 30.5 Å². The van der Waals surface area contributed by atoms with Crippen LogP contribution in [0.4, 0.5) is 0 Å². The lowest BCUT2D eigenvalue weighted by atomic mass is 9.99. The molecule has 11 heteroatoms. The Kier molecular flexibility index (Phi) is 35.1. The highest BCUT2D eigenvalue weighted by atomic mass is 16.4.